The van der Waals surface area contributed by atoms with Gasteiger partial charge in [0.15, 0.2) is 11.6 Å². The van der Waals surface area contributed by atoms with Crippen molar-refractivity contribution in [2.24, 2.45) is 0 Å². The number of furan rings is 1. The van der Waals surface area contributed by atoms with Gasteiger partial charge in [0.1, 0.15) is 17.0 Å². The number of aromatic nitrogens is 3. The monoisotopic (exact) mass is 676 g/mol. The van der Waals surface area contributed by atoms with Crippen LogP contribution in [0.1, 0.15) is 18.2 Å². The third-order valence-corrected chi connectivity index (χ3v) is 10.5. The summed E-state index contributed by atoms with van der Waals surface area (Å²) >= 11 is 1.82. The first kappa shape index (κ1) is 24.7. The lowest BCUT2D eigenvalue weighted by atomic mass is 9.98. The summed E-state index contributed by atoms with van der Waals surface area (Å²) in [6.45, 7) is 0. The molecule has 0 aliphatic heterocycles. The molecule has 3 heterocycles. The first-order valence-electron chi connectivity index (χ1n) is 19.2. The molecule has 0 unspecified atom stereocenters. The average molecular weight is 677 g/mol. The molecule has 0 bridgehead atoms. The Balaban J connectivity index is 1.07. The minimum Gasteiger partial charge on any atom is -0.456 e. The highest BCUT2D eigenvalue weighted by Gasteiger charge is 2.17. The zero-order chi connectivity index (χ0) is 38.1. The highest BCUT2D eigenvalue weighted by molar-refractivity contribution is 7.26. The quantitative estimate of drug-likeness (QED) is 0.176. The van der Waals surface area contributed by atoms with Gasteiger partial charge < -0.3 is 4.42 Å². The molecule has 240 valence electrons. The number of hydrogen-bond donors (Lipinski definition) is 0. The van der Waals surface area contributed by atoms with Gasteiger partial charge in [0, 0.05) is 48.5 Å². The van der Waals surface area contributed by atoms with Gasteiger partial charge in [0.25, 0.3) is 0 Å². The van der Waals surface area contributed by atoms with E-state index in [4.69, 9.17) is 26.2 Å². The van der Waals surface area contributed by atoms with Crippen LogP contribution < -0.4 is 0 Å². The van der Waals surface area contributed by atoms with Crippen molar-refractivity contribution in [2.75, 3.05) is 0 Å². The number of benzene rings is 7. The molecule has 4 nitrogen and oxygen atoms in total. The van der Waals surface area contributed by atoms with E-state index in [1.165, 1.54) is 25.7 Å². The maximum atomic E-state index is 8.44. The first-order chi connectivity index (χ1) is 27.3. The van der Waals surface area contributed by atoms with E-state index >= 15 is 0 Å². The Morgan fingerprint density at radius 1 is 0.529 bits per heavy atom. The lowest BCUT2D eigenvalue weighted by Gasteiger charge is -2.10. The van der Waals surface area contributed by atoms with Crippen LogP contribution in [-0.4, -0.2) is 15.0 Å². The molecule has 0 saturated carbocycles. The van der Waals surface area contributed by atoms with Gasteiger partial charge in [-0.2, -0.15) is 0 Å². The number of thiophene rings is 1. The van der Waals surface area contributed by atoms with Crippen LogP contribution >= 0.6 is 11.3 Å². The summed E-state index contributed by atoms with van der Waals surface area (Å²) in [5.74, 6) is 1.57. The molecule has 10 rings (SSSR count). The Kier molecular flexibility index (Phi) is 5.88. The van der Waals surface area contributed by atoms with Gasteiger partial charge in [-0.1, -0.05) is 139 Å². The molecular weight excluding hydrogens is 643 g/mol. The summed E-state index contributed by atoms with van der Waals surface area (Å²) in [5.41, 5.74) is 7.12. The van der Waals surface area contributed by atoms with E-state index in [0.717, 1.165) is 38.6 Å². The van der Waals surface area contributed by atoms with Gasteiger partial charge in [0.05, 0.1) is 6.85 Å². The van der Waals surface area contributed by atoms with Crippen molar-refractivity contribution in [3.05, 3.63) is 175 Å². The van der Waals surface area contributed by atoms with Crippen LogP contribution in [0.5, 0.6) is 0 Å². The van der Waals surface area contributed by atoms with Gasteiger partial charge >= 0.3 is 0 Å². The molecule has 51 heavy (non-hydrogen) atoms. The Morgan fingerprint density at radius 3 is 2.08 bits per heavy atom. The standard InChI is InChI=1S/C46H29N3OS/c1-3-11-29(12-4-1)30-21-23-32(24-22-30)46-48-42(47-45(49-46)31-13-5-2-6-14-31)28-34-15-9-19-40-43(34)38-27-33(25-26-39(38)50-40)35-17-10-18-37-36-16-7-8-20-41(36)51-44(35)37/h1-27H,28H2/i1D,3D,4D,11D,12D. The summed E-state index contributed by atoms with van der Waals surface area (Å²) in [4.78, 5) is 14.8. The zero-order valence-electron chi connectivity index (χ0n) is 32.1. The number of rotatable bonds is 6. The fraction of sp³-hybridized carbons (Fsp3) is 0.0217. The molecular formula is C46H29N3OS. The van der Waals surface area contributed by atoms with Crippen LogP contribution in [0.2, 0.25) is 0 Å². The minimum atomic E-state index is -0.420. The number of hydrogen-bond acceptors (Lipinski definition) is 5. The fourth-order valence-electron chi connectivity index (χ4n) is 6.88. The predicted molar refractivity (Wildman–Crippen MR) is 211 cm³/mol. The summed E-state index contributed by atoms with van der Waals surface area (Å²) in [6.07, 6.45) is 0.415. The van der Waals surface area contributed by atoms with Crippen LogP contribution in [0.3, 0.4) is 0 Å². The Hall–Kier alpha value is -6.43. The van der Waals surface area contributed by atoms with Crippen molar-refractivity contribution < 1.29 is 11.3 Å². The number of nitrogens with zero attached hydrogens (tertiary/aromatic N) is 3. The highest BCUT2D eigenvalue weighted by atomic mass is 32.1. The van der Waals surface area contributed by atoms with Gasteiger partial charge in [-0.25, -0.2) is 15.0 Å². The lowest BCUT2D eigenvalue weighted by molar-refractivity contribution is 0.668. The second-order valence-electron chi connectivity index (χ2n) is 12.4. The van der Waals surface area contributed by atoms with Crippen molar-refractivity contribution in [3.8, 4) is 45.0 Å². The molecule has 0 aliphatic carbocycles. The second kappa shape index (κ2) is 12.2. The third kappa shape index (κ3) is 5.27. The van der Waals surface area contributed by atoms with Gasteiger partial charge in [-0.15, -0.1) is 11.3 Å². The first-order valence-corrected chi connectivity index (χ1v) is 17.5. The van der Waals surface area contributed by atoms with E-state index < -0.39 is 6.04 Å². The maximum absolute atomic E-state index is 8.44. The third-order valence-electron chi connectivity index (χ3n) is 9.29. The molecule has 7 aromatic carbocycles. The normalized spacial score (nSPS) is 13.0. The van der Waals surface area contributed by atoms with Gasteiger partial charge in [-0.05, 0) is 52.1 Å². The van der Waals surface area contributed by atoms with Crippen molar-refractivity contribution >= 4 is 53.4 Å². The minimum absolute atomic E-state index is 0.146. The van der Waals surface area contributed by atoms with Crippen LogP contribution in [0.15, 0.2) is 168 Å². The summed E-state index contributed by atoms with van der Waals surface area (Å²) in [6, 6.07) is 42.8. The molecule has 0 spiro atoms. The maximum Gasteiger partial charge on any atom is 0.163 e. The number of fused-ring (bicyclic) bond motifs is 6. The lowest BCUT2D eigenvalue weighted by Crippen LogP contribution is -2.04. The topological polar surface area (TPSA) is 51.8 Å². The van der Waals surface area contributed by atoms with Crippen molar-refractivity contribution in [3.63, 3.8) is 0 Å². The molecule has 0 amide bonds. The second-order valence-corrected chi connectivity index (χ2v) is 13.5. The average Bonchev–Trinajstić information content (AvgIpc) is 3.81. The van der Waals surface area contributed by atoms with Crippen LogP contribution in [-0.2, 0) is 6.42 Å². The van der Waals surface area contributed by atoms with Crippen molar-refractivity contribution in [2.45, 2.75) is 6.42 Å². The van der Waals surface area contributed by atoms with Crippen LogP contribution in [0, 0.1) is 0 Å². The molecule has 3 aromatic heterocycles. The van der Waals surface area contributed by atoms with E-state index in [1.54, 1.807) is 12.1 Å². The molecule has 0 N–H and O–H groups in total. The molecule has 5 heteroatoms. The summed E-state index contributed by atoms with van der Waals surface area (Å²) in [5, 5.41) is 4.55. The van der Waals surface area contributed by atoms with Crippen molar-refractivity contribution in [1.29, 1.82) is 0 Å². The molecule has 0 fully saturated rings. The summed E-state index contributed by atoms with van der Waals surface area (Å²) in [7, 11) is 0. The van der Waals surface area contributed by atoms with E-state index in [-0.39, 0.29) is 29.7 Å². The predicted octanol–water partition coefficient (Wildman–Crippen LogP) is 12.4. The van der Waals surface area contributed by atoms with Crippen molar-refractivity contribution in [1.82, 2.24) is 15.0 Å². The highest BCUT2D eigenvalue weighted by Crippen LogP contribution is 2.42. The van der Waals surface area contributed by atoms with E-state index in [0.29, 0.717) is 35.0 Å². The van der Waals surface area contributed by atoms with Gasteiger partial charge in [0.2, 0.25) is 0 Å². The Bertz CT molecular complexity index is 3150. The summed E-state index contributed by atoms with van der Waals surface area (Å²) < 4.78 is 50.1. The molecule has 0 saturated heterocycles. The Morgan fingerprint density at radius 2 is 1.24 bits per heavy atom. The smallest absolute Gasteiger partial charge is 0.163 e. The fourth-order valence-corrected chi connectivity index (χ4v) is 8.12. The van der Waals surface area contributed by atoms with E-state index in [1.807, 2.05) is 65.9 Å². The zero-order valence-corrected chi connectivity index (χ0v) is 27.9. The van der Waals surface area contributed by atoms with E-state index in [2.05, 4.69) is 66.7 Å². The SMILES string of the molecule is [2H]c1c([2H])c([2H])c(-c2ccc(-c3nc(Cc4cccc5oc6ccc(-c7cccc8c7sc7ccccc78)cc6c45)nc(-c4ccccc4)n3)cc2)c([2H])c1[2H]. The van der Waals surface area contributed by atoms with E-state index in [9.17, 15) is 0 Å². The van der Waals surface area contributed by atoms with Gasteiger partial charge in [-0.3, -0.25) is 0 Å². The molecule has 10 aromatic rings. The van der Waals surface area contributed by atoms with Crippen LogP contribution in [0.4, 0.5) is 0 Å². The molecule has 0 radical (unpaired) electrons. The molecule has 0 aliphatic rings. The largest absolute Gasteiger partial charge is 0.456 e. The molecule has 0 atom stereocenters. The Labute approximate surface area is 305 Å². The van der Waals surface area contributed by atoms with Crippen LogP contribution in [0.25, 0.3) is 87.1 Å².